The van der Waals surface area contributed by atoms with Gasteiger partial charge in [-0.1, -0.05) is 48.5 Å². The Bertz CT molecular complexity index is 1140. The summed E-state index contributed by atoms with van der Waals surface area (Å²) in [5.74, 6) is -0.770. The molecule has 4 rings (SSSR count). The number of aryl methyl sites for hydroxylation is 1. The second kappa shape index (κ2) is 10.3. The van der Waals surface area contributed by atoms with Crippen molar-refractivity contribution in [3.05, 3.63) is 102 Å². The standard InChI is InChI=1S/C28H26O6/c1-28(34-27(31)22-10-6-3-7-11-22)18-24(32-25(29)19-28)17-14-20-12-15-23(16-13-20)33-26(30)21-8-4-2-5-9-21/h2-13,15-16,24H,14,17-19H2,1H3. The summed E-state index contributed by atoms with van der Waals surface area (Å²) in [5.41, 5.74) is 1.04. The SMILES string of the molecule is CC1(OC(=O)c2ccccc2)CC(=O)OC(CCc2ccc(OC(=O)c3ccccc3)cc2)C1. The fraction of sp³-hybridized carbons (Fsp3) is 0.250. The van der Waals surface area contributed by atoms with Crippen LogP contribution in [0.5, 0.6) is 5.75 Å². The quantitative estimate of drug-likeness (QED) is 0.359. The highest BCUT2D eigenvalue weighted by molar-refractivity contribution is 5.91. The van der Waals surface area contributed by atoms with Gasteiger partial charge >= 0.3 is 17.9 Å². The van der Waals surface area contributed by atoms with Crippen LogP contribution in [-0.4, -0.2) is 29.6 Å². The molecule has 6 nitrogen and oxygen atoms in total. The van der Waals surface area contributed by atoms with E-state index in [9.17, 15) is 14.4 Å². The fourth-order valence-corrected chi connectivity index (χ4v) is 4.02. The van der Waals surface area contributed by atoms with Crippen molar-refractivity contribution in [2.45, 2.75) is 44.3 Å². The van der Waals surface area contributed by atoms with Crippen molar-refractivity contribution in [3.63, 3.8) is 0 Å². The zero-order chi connectivity index (χ0) is 24.0. The van der Waals surface area contributed by atoms with E-state index in [4.69, 9.17) is 14.2 Å². The van der Waals surface area contributed by atoms with Crippen LogP contribution in [0.25, 0.3) is 0 Å². The maximum Gasteiger partial charge on any atom is 0.343 e. The van der Waals surface area contributed by atoms with Gasteiger partial charge < -0.3 is 14.2 Å². The Hall–Kier alpha value is -3.93. The van der Waals surface area contributed by atoms with Gasteiger partial charge in [0, 0.05) is 6.42 Å². The van der Waals surface area contributed by atoms with Gasteiger partial charge in [0.25, 0.3) is 0 Å². The van der Waals surface area contributed by atoms with Crippen LogP contribution in [0.15, 0.2) is 84.9 Å². The topological polar surface area (TPSA) is 78.9 Å². The number of carbonyl (C=O) groups is 3. The first-order valence-corrected chi connectivity index (χ1v) is 11.2. The number of cyclic esters (lactones) is 1. The number of benzene rings is 3. The molecule has 0 bridgehead atoms. The molecule has 1 fully saturated rings. The van der Waals surface area contributed by atoms with Crippen molar-refractivity contribution in [1.82, 2.24) is 0 Å². The zero-order valence-electron chi connectivity index (χ0n) is 18.9. The molecule has 3 aromatic carbocycles. The van der Waals surface area contributed by atoms with E-state index < -0.39 is 17.5 Å². The van der Waals surface area contributed by atoms with E-state index in [2.05, 4.69) is 0 Å². The van der Waals surface area contributed by atoms with Crippen molar-refractivity contribution < 1.29 is 28.6 Å². The van der Waals surface area contributed by atoms with E-state index in [0.29, 0.717) is 36.1 Å². The van der Waals surface area contributed by atoms with E-state index in [1.165, 1.54) is 0 Å². The van der Waals surface area contributed by atoms with Gasteiger partial charge in [-0.15, -0.1) is 0 Å². The Balaban J connectivity index is 1.31. The summed E-state index contributed by atoms with van der Waals surface area (Å²) in [6.07, 6.45) is 1.36. The molecule has 2 unspecified atom stereocenters. The molecule has 1 saturated heterocycles. The molecule has 0 radical (unpaired) electrons. The molecule has 174 valence electrons. The Labute approximate surface area is 198 Å². The summed E-state index contributed by atoms with van der Waals surface area (Å²) < 4.78 is 16.6. The highest BCUT2D eigenvalue weighted by Gasteiger charge is 2.41. The van der Waals surface area contributed by atoms with Gasteiger partial charge in [0.2, 0.25) is 0 Å². The first kappa shape index (κ1) is 23.2. The number of hydrogen-bond acceptors (Lipinski definition) is 6. The molecular formula is C28H26O6. The normalized spacial score (nSPS) is 19.7. The minimum absolute atomic E-state index is 0.0313. The van der Waals surface area contributed by atoms with E-state index in [1.807, 2.05) is 24.3 Å². The Morgan fingerprint density at radius 3 is 2.09 bits per heavy atom. The largest absolute Gasteiger partial charge is 0.462 e. The molecular weight excluding hydrogens is 432 g/mol. The first-order chi connectivity index (χ1) is 16.4. The molecule has 1 aliphatic heterocycles. The molecule has 3 aromatic rings. The summed E-state index contributed by atoms with van der Waals surface area (Å²) >= 11 is 0. The number of ether oxygens (including phenoxy) is 3. The lowest BCUT2D eigenvalue weighted by Gasteiger charge is -2.36. The van der Waals surface area contributed by atoms with E-state index in [-0.39, 0.29) is 18.5 Å². The van der Waals surface area contributed by atoms with Gasteiger partial charge in [-0.2, -0.15) is 0 Å². The summed E-state index contributed by atoms with van der Waals surface area (Å²) in [5, 5.41) is 0. The average molecular weight is 459 g/mol. The van der Waals surface area contributed by atoms with Crippen molar-refractivity contribution in [2.75, 3.05) is 0 Å². The molecule has 34 heavy (non-hydrogen) atoms. The Kier molecular flexibility index (Phi) is 7.07. The first-order valence-electron chi connectivity index (χ1n) is 11.2. The van der Waals surface area contributed by atoms with Crippen molar-refractivity contribution >= 4 is 17.9 Å². The Morgan fingerprint density at radius 2 is 1.47 bits per heavy atom. The van der Waals surface area contributed by atoms with Crippen molar-refractivity contribution in [3.8, 4) is 5.75 Å². The molecule has 2 atom stereocenters. The van der Waals surface area contributed by atoms with E-state index >= 15 is 0 Å². The molecule has 0 aromatic heterocycles. The van der Waals surface area contributed by atoms with Gasteiger partial charge in [-0.3, -0.25) is 4.79 Å². The number of hydrogen-bond donors (Lipinski definition) is 0. The molecule has 1 heterocycles. The smallest absolute Gasteiger partial charge is 0.343 e. The average Bonchev–Trinajstić information content (AvgIpc) is 2.84. The maximum atomic E-state index is 12.5. The monoisotopic (exact) mass is 458 g/mol. The number of esters is 3. The highest BCUT2D eigenvalue weighted by Crippen LogP contribution is 2.32. The molecule has 0 aliphatic carbocycles. The minimum Gasteiger partial charge on any atom is -0.462 e. The lowest BCUT2D eigenvalue weighted by Crippen LogP contribution is -2.44. The van der Waals surface area contributed by atoms with Gasteiger partial charge in [0.05, 0.1) is 17.5 Å². The van der Waals surface area contributed by atoms with Crippen LogP contribution in [0.2, 0.25) is 0 Å². The summed E-state index contributed by atoms with van der Waals surface area (Å²) in [7, 11) is 0. The van der Waals surface area contributed by atoms with Gasteiger partial charge in [-0.25, -0.2) is 9.59 Å². The molecule has 6 heteroatoms. The Morgan fingerprint density at radius 1 is 0.882 bits per heavy atom. The van der Waals surface area contributed by atoms with Crippen LogP contribution in [-0.2, 0) is 20.7 Å². The lowest BCUT2D eigenvalue weighted by atomic mass is 9.89. The molecule has 1 aliphatic rings. The number of carbonyl (C=O) groups excluding carboxylic acids is 3. The lowest BCUT2D eigenvalue weighted by molar-refractivity contribution is -0.168. The third kappa shape index (κ3) is 6.10. The summed E-state index contributed by atoms with van der Waals surface area (Å²) in [6.45, 7) is 1.77. The van der Waals surface area contributed by atoms with Crippen LogP contribution in [0.1, 0.15) is 52.5 Å². The minimum atomic E-state index is -0.914. The third-order valence-electron chi connectivity index (χ3n) is 5.72. The van der Waals surface area contributed by atoms with Crippen LogP contribution in [0.3, 0.4) is 0 Å². The van der Waals surface area contributed by atoms with Crippen LogP contribution in [0, 0.1) is 0 Å². The highest BCUT2D eigenvalue weighted by atomic mass is 16.6. The van der Waals surface area contributed by atoms with Crippen LogP contribution < -0.4 is 4.74 Å². The van der Waals surface area contributed by atoms with Gasteiger partial charge in [-0.05, 0) is 61.7 Å². The van der Waals surface area contributed by atoms with Crippen LogP contribution in [0.4, 0.5) is 0 Å². The predicted molar refractivity (Wildman–Crippen MR) is 126 cm³/mol. The third-order valence-corrected chi connectivity index (χ3v) is 5.72. The zero-order valence-corrected chi connectivity index (χ0v) is 18.9. The van der Waals surface area contributed by atoms with Crippen molar-refractivity contribution in [1.29, 1.82) is 0 Å². The predicted octanol–water partition coefficient (Wildman–Crippen LogP) is 5.16. The number of rotatable bonds is 7. The van der Waals surface area contributed by atoms with Crippen molar-refractivity contribution in [2.24, 2.45) is 0 Å². The molecule has 0 saturated carbocycles. The second-order valence-corrected chi connectivity index (χ2v) is 8.64. The molecule has 0 amide bonds. The second-order valence-electron chi connectivity index (χ2n) is 8.64. The molecule has 0 spiro atoms. The fourth-order valence-electron chi connectivity index (χ4n) is 4.02. The van der Waals surface area contributed by atoms with Gasteiger partial charge in [0.1, 0.15) is 17.5 Å². The van der Waals surface area contributed by atoms with Gasteiger partial charge in [0.15, 0.2) is 0 Å². The summed E-state index contributed by atoms with van der Waals surface area (Å²) in [4.78, 5) is 36.9. The maximum absolute atomic E-state index is 12.5. The van der Waals surface area contributed by atoms with E-state index in [1.54, 1.807) is 67.6 Å². The molecule has 0 N–H and O–H groups in total. The van der Waals surface area contributed by atoms with E-state index in [0.717, 1.165) is 5.56 Å². The van der Waals surface area contributed by atoms with Crippen LogP contribution >= 0.6 is 0 Å². The summed E-state index contributed by atoms with van der Waals surface area (Å²) in [6, 6.07) is 24.8.